The van der Waals surface area contributed by atoms with Crippen molar-refractivity contribution in [2.45, 2.75) is 13.0 Å². The summed E-state index contributed by atoms with van der Waals surface area (Å²) in [5.74, 6) is 2.74. The Hall–Kier alpha value is -2.93. The van der Waals surface area contributed by atoms with Crippen molar-refractivity contribution < 1.29 is 23.4 Å². The number of amides is 1. The fourth-order valence-corrected chi connectivity index (χ4v) is 2.98. The second-order valence-electron chi connectivity index (χ2n) is 6.19. The number of rotatable bonds is 9. The standard InChI is InChI=1S/C22H22BrNO5/c1-26-18-6-3-15(21(13-18)27-2)11-12-24-22(25)20-10-9-19(29-20)14-28-17-7-4-16(23)5-8-17/h3-10,13H,11-12,14H2,1-2H3,(H,24,25). The van der Waals surface area contributed by atoms with E-state index < -0.39 is 0 Å². The molecule has 0 saturated heterocycles. The third-order valence-electron chi connectivity index (χ3n) is 4.25. The molecule has 0 atom stereocenters. The molecule has 0 saturated carbocycles. The van der Waals surface area contributed by atoms with Crippen molar-refractivity contribution in [3.05, 3.63) is 76.2 Å². The Morgan fingerprint density at radius 1 is 1.00 bits per heavy atom. The molecule has 7 heteroatoms. The molecule has 1 aromatic heterocycles. The second-order valence-corrected chi connectivity index (χ2v) is 7.11. The van der Waals surface area contributed by atoms with Gasteiger partial charge in [-0.2, -0.15) is 0 Å². The first kappa shape index (κ1) is 20.8. The van der Waals surface area contributed by atoms with Crippen LogP contribution in [0, 0.1) is 0 Å². The summed E-state index contributed by atoms with van der Waals surface area (Å²) >= 11 is 3.38. The predicted octanol–water partition coefficient (Wildman–Crippen LogP) is 4.61. The molecule has 0 aliphatic rings. The van der Waals surface area contributed by atoms with Crippen molar-refractivity contribution >= 4 is 21.8 Å². The van der Waals surface area contributed by atoms with Crippen LogP contribution in [0.5, 0.6) is 17.2 Å². The van der Waals surface area contributed by atoms with Gasteiger partial charge in [0.25, 0.3) is 5.91 Å². The maximum atomic E-state index is 12.3. The first-order valence-corrected chi connectivity index (χ1v) is 9.84. The van der Waals surface area contributed by atoms with Crippen molar-refractivity contribution in [1.29, 1.82) is 0 Å². The molecule has 1 heterocycles. The van der Waals surface area contributed by atoms with Crippen LogP contribution < -0.4 is 19.5 Å². The molecule has 2 aromatic carbocycles. The number of halogens is 1. The molecule has 3 rings (SSSR count). The van der Waals surface area contributed by atoms with Crippen LogP contribution in [0.3, 0.4) is 0 Å². The fourth-order valence-electron chi connectivity index (χ4n) is 2.72. The minimum absolute atomic E-state index is 0.248. The molecule has 0 radical (unpaired) electrons. The highest BCUT2D eigenvalue weighted by Crippen LogP contribution is 2.24. The van der Waals surface area contributed by atoms with Gasteiger partial charge in [0.1, 0.15) is 29.6 Å². The van der Waals surface area contributed by atoms with Crippen LogP contribution in [0.25, 0.3) is 0 Å². The molecule has 0 aliphatic heterocycles. The first-order chi connectivity index (χ1) is 14.1. The minimum Gasteiger partial charge on any atom is -0.497 e. The topological polar surface area (TPSA) is 69.9 Å². The van der Waals surface area contributed by atoms with Gasteiger partial charge < -0.3 is 23.9 Å². The highest BCUT2D eigenvalue weighted by atomic mass is 79.9. The molecule has 152 valence electrons. The predicted molar refractivity (Wildman–Crippen MR) is 113 cm³/mol. The van der Waals surface area contributed by atoms with Crippen LogP contribution in [0.4, 0.5) is 0 Å². The number of carbonyl (C=O) groups excluding carboxylic acids is 1. The van der Waals surface area contributed by atoms with Gasteiger partial charge in [0, 0.05) is 17.1 Å². The van der Waals surface area contributed by atoms with E-state index in [1.54, 1.807) is 26.4 Å². The summed E-state index contributed by atoms with van der Waals surface area (Å²) in [4.78, 5) is 12.3. The summed E-state index contributed by atoms with van der Waals surface area (Å²) in [6, 6.07) is 16.5. The van der Waals surface area contributed by atoms with Gasteiger partial charge in [-0.1, -0.05) is 22.0 Å². The lowest BCUT2D eigenvalue weighted by Crippen LogP contribution is -2.25. The van der Waals surface area contributed by atoms with Gasteiger partial charge in [-0.3, -0.25) is 4.79 Å². The SMILES string of the molecule is COc1ccc(CCNC(=O)c2ccc(COc3ccc(Br)cc3)o2)c(OC)c1. The molecule has 6 nitrogen and oxygen atoms in total. The number of nitrogens with one attached hydrogen (secondary N) is 1. The van der Waals surface area contributed by atoms with Crippen molar-refractivity contribution in [2.75, 3.05) is 20.8 Å². The molecule has 0 spiro atoms. The maximum absolute atomic E-state index is 12.3. The van der Waals surface area contributed by atoms with Crippen LogP contribution in [0.1, 0.15) is 21.9 Å². The fraction of sp³-hybridized carbons (Fsp3) is 0.227. The Labute approximate surface area is 177 Å². The van der Waals surface area contributed by atoms with E-state index in [4.69, 9.17) is 18.6 Å². The van der Waals surface area contributed by atoms with E-state index in [0.717, 1.165) is 27.3 Å². The molecule has 1 amide bonds. The quantitative estimate of drug-likeness (QED) is 0.505. The number of benzene rings is 2. The van der Waals surface area contributed by atoms with Crippen molar-refractivity contribution in [3.63, 3.8) is 0 Å². The monoisotopic (exact) mass is 459 g/mol. The molecular formula is C22H22BrNO5. The van der Waals surface area contributed by atoms with E-state index >= 15 is 0 Å². The van der Waals surface area contributed by atoms with Gasteiger partial charge in [0.05, 0.1) is 14.2 Å². The van der Waals surface area contributed by atoms with Crippen LogP contribution in [-0.2, 0) is 13.0 Å². The largest absolute Gasteiger partial charge is 0.497 e. The lowest BCUT2D eigenvalue weighted by Gasteiger charge is -2.10. The average Bonchev–Trinajstić information content (AvgIpc) is 3.22. The lowest BCUT2D eigenvalue weighted by atomic mass is 10.1. The molecule has 3 aromatic rings. The third kappa shape index (κ3) is 5.77. The molecule has 0 bridgehead atoms. The van der Waals surface area contributed by atoms with Gasteiger partial charge >= 0.3 is 0 Å². The molecule has 0 aliphatic carbocycles. The van der Waals surface area contributed by atoms with Gasteiger partial charge in [0.2, 0.25) is 0 Å². The maximum Gasteiger partial charge on any atom is 0.287 e. The first-order valence-electron chi connectivity index (χ1n) is 9.05. The Bertz CT molecular complexity index is 952. The lowest BCUT2D eigenvalue weighted by molar-refractivity contribution is 0.0922. The number of hydrogen-bond acceptors (Lipinski definition) is 5. The summed E-state index contributed by atoms with van der Waals surface area (Å²) in [5.41, 5.74) is 0.983. The van der Waals surface area contributed by atoms with E-state index in [0.29, 0.717) is 18.7 Å². The summed E-state index contributed by atoms with van der Waals surface area (Å²) in [7, 11) is 3.22. The Kier molecular flexibility index (Phi) is 7.19. The molecule has 0 unspecified atom stereocenters. The number of methoxy groups -OCH3 is 2. The average molecular weight is 460 g/mol. The third-order valence-corrected chi connectivity index (χ3v) is 4.78. The van der Waals surface area contributed by atoms with Crippen LogP contribution >= 0.6 is 15.9 Å². The zero-order valence-electron chi connectivity index (χ0n) is 16.2. The van der Waals surface area contributed by atoms with Crippen molar-refractivity contribution in [3.8, 4) is 17.2 Å². The zero-order chi connectivity index (χ0) is 20.6. The van der Waals surface area contributed by atoms with Crippen LogP contribution in [-0.4, -0.2) is 26.7 Å². The van der Waals surface area contributed by atoms with E-state index in [-0.39, 0.29) is 18.3 Å². The van der Waals surface area contributed by atoms with Gasteiger partial charge in [-0.25, -0.2) is 0 Å². The normalized spacial score (nSPS) is 10.4. The number of carbonyl (C=O) groups is 1. The Balaban J connectivity index is 1.49. The van der Waals surface area contributed by atoms with E-state index in [9.17, 15) is 4.79 Å². The van der Waals surface area contributed by atoms with E-state index in [1.165, 1.54) is 0 Å². The molecule has 29 heavy (non-hydrogen) atoms. The zero-order valence-corrected chi connectivity index (χ0v) is 17.8. The van der Waals surface area contributed by atoms with Gasteiger partial charge in [-0.15, -0.1) is 0 Å². The van der Waals surface area contributed by atoms with Crippen molar-refractivity contribution in [2.24, 2.45) is 0 Å². The van der Waals surface area contributed by atoms with Gasteiger partial charge in [0.15, 0.2) is 5.76 Å². The summed E-state index contributed by atoms with van der Waals surface area (Å²) in [6.45, 7) is 0.699. The van der Waals surface area contributed by atoms with Crippen molar-refractivity contribution in [1.82, 2.24) is 5.32 Å². The second kappa shape index (κ2) is 10.0. The number of furan rings is 1. The van der Waals surface area contributed by atoms with Crippen LogP contribution in [0.15, 0.2) is 63.5 Å². The number of ether oxygens (including phenoxy) is 3. The van der Waals surface area contributed by atoms with Crippen LogP contribution in [0.2, 0.25) is 0 Å². The molecule has 0 fully saturated rings. The minimum atomic E-state index is -0.271. The highest BCUT2D eigenvalue weighted by molar-refractivity contribution is 9.10. The number of hydrogen-bond donors (Lipinski definition) is 1. The van der Waals surface area contributed by atoms with E-state index in [1.807, 2.05) is 42.5 Å². The highest BCUT2D eigenvalue weighted by Gasteiger charge is 2.12. The molecular weight excluding hydrogens is 438 g/mol. The Morgan fingerprint density at radius 3 is 2.48 bits per heavy atom. The van der Waals surface area contributed by atoms with E-state index in [2.05, 4.69) is 21.2 Å². The molecule has 1 N–H and O–H groups in total. The Morgan fingerprint density at radius 2 is 1.76 bits per heavy atom. The van der Waals surface area contributed by atoms with Gasteiger partial charge in [-0.05, 0) is 54.4 Å². The smallest absolute Gasteiger partial charge is 0.287 e. The summed E-state index contributed by atoms with van der Waals surface area (Å²) in [5, 5.41) is 2.86. The summed E-state index contributed by atoms with van der Waals surface area (Å²) in [6.07, 6.45) is 0.624. The summed E-state index contributed by atoms with van der Waals surface area (Å²) < 4.78 is 22.8.